The third kappa shape index (κ3) is 3.37. The predicted octanol–water partition coefficient (Wildman–Crippen LogP) is 4.64. The summed E-state index contributed by atoms with van der Waals surface area (Å²) in [6, 6.07) is 8.28. The number of Topliss-reactive ketones (excluding diaryl/α,β-unsaturated/α-hetero) is 1. The van der Waals surface area contributed by atoms with Crippen molar-refractivity contribution < 1.29 is 34.1 Å². The Labute approximate surface area is 228 Å². The maximum atomic E-state index is 17.6. The maximum Gasteiger partial charge on any atom is 0.408 e. The van der Waals surface area contributed by atoms with Crippen LogP contribution in [0.25, 0.3) is 0 Å². The number of carbonyl (C=O) groups is 3. The van der Waals surface area contributed by atoms with Gasteiger partial charge in [0.2, 0.25) is 0 Å². The van der Waals surface area contributed by atoms with Crippen LogP contribution in [-0.4, -0.2) is 61.8 Å². The smallest absolute Gasteiger partial charge is 0.408 e. The van der Waals surface area contributed by atoms with Gasteiger partial charge in [0.1, 0.15) is 12.1 Å². The lowest BCUT2D eigenvalue weighted by Gasteiger charge is -2.64. The molecule has 4 aliphatic carbocycles. The number of hydrogen-bond donors (Lipinski definition) is 3. The normalized spacial score (nSPS) is 41.6. The second-order valence-electron chi connectivity index (χ2n) is 12.5. The zero-order chi connectivity index (χ0) is 28.5. The minimum absolute atomic E-state index is 0.156. The average Bonchev–Trinajstić information content (AvgIpc) is 3.12. The number of hydrogen-bond acceptors (Lipinski definition) is 5. The fourth-order valence-electron chi connectivity index (χ4n) is 9.41. The number of carboxylic acid groups (broad SMARTS) is 1. The van der Waals surface area contributed by atoms with Gasteiger partial charge in [-0.1, -0.05) is 55.8 Å². The van der Waals surface area contributed by atoms with E-state index in [4.69, 9.17) is 0 Å². The number of carbonyl (C=O) groups excluding carboxylic acids is 2. The number of benzene rings is 1. The molecule has 0 spiro atoms. The number of fused-ring (bicyclic) bond motifs is 5. The standard InChI is InChI=1S/C31H38FNO6/c1-18-14-24-23-11-10-21-15-22(35)12-13-28(21,3)30(23,32)25(36)16-29(24,4)31(18,26(37)17-34)33(27(38)39)19(2)20-8-6-5-7-9-20/h5-9,12-13,15,18-19,23-25,34,36H,10-11,14,16-17H2,1-4H3,(H,38,39)/t18-,19-,23?,24?,25-,28-,29-,30?,31+/m0/s1. The molecule has 0 radical (unpaired) electrons. The summed E-state index contributed by atoms with van der Waals surface area (Å²) in [5.74, 6) is -2.49. The van der Waals surface area contributed by atoms with Gasteiger partial charge in [-0.3, -0.25) is 14.5 Å². The van der Waals surface area contributed by atoms with Crippen molar-refractivity contribution in [3.05, 3.63) is 59.7 Å². The molecule has 1 aromatic carbocycles. The lowest BCUT2D eigenvalue weighted by atomic mass is 9.44. The van der Waals surface area contributed by atoms with Gasteiger partial charge in [-0.05, 0) is 69.1 Å². The van der Waals surface area contributed by atoms with E-state index in [0.717, 1.165) is 0 Å². The first-order chi connectivity index (χ1) is 18.3. The highest BCUT2D eigenvalue weighted by Crippen LogP contribution is 2.72. The van der Waals surface area contributed by atoms with Crippen LogP contribution in [0, 0.1) is 28.6 Å². The van der Waals surface area contributed by atoms with Gasteiger partial charge >= 0.3 is 6.09 Å². The first-order valence-corrected chi connectivity index (χ1v) is 13.8. The number of nitrogens with zero attached hydrogens (tertiary/aromatic N) is 1. The number of alkyl halides is 1. The quantitative estimate of drug-likeness (QED) is 0.502. The Balaban J connectivity index is 1.69. The van der Waals surface area contributed by atoms with E-state index in [-0.39, 0.29) is 12.2 Å². The summed E-state index contributed by atoms with van der Waals surface area (Å²) in [7, 11) is 0. The van der Waals surface area contributed by atoms with E-state index in [0.29, 0.717) is 30.4 Å². The molecule has 0 aliphatic heterocycles. The van der Waals surface area contributed by atoms with Gasteiger partial charge in [0, 0.05) is 16.7 Å². The number of amides is 1. The van der Waals surface area contributed by atoms with E-state index in [1.54, 1.807) is 51.1 Å². The second kappa shape index (κ2) is 9.10. The molecule has 210 valence electrons. The Bertz CT molecular complexity index is 1260. The molecule has 3 unspecified atom stereocenters. The number of allylic oxidation sites excluding steroid dienone is 4. The van der Waals surface area contributed by atoms with Gasteiger partial charge in [0.15, 0.2) is 17.2 Å². The van der Waals surface area contributed by atoms with E-state index < -0.39 is 70.4 Å². The molecule has 3 fully saturated rings. The van der Waals surface area contributed by atoms with Crippen LogP contribution in [0.15, 0.2) is 54.1 Å². The van der Waals surface area contributed by atoms with Crippen LogP contribution in [0.5, 0.6) is 0 Å². The molecular weight excluding hydrogens is 501 g/mol. The van der Waals surface area contributed by atoms with Crippen LogP contribution < -0.4 is 0 Å². The molecule has 0 heterocycles. The van der Waals surface area contributed by atoms with Gasteiger partial charge in [0.05, 0.1) is 12.1 Å². The summed E-state index contributed by atoms with van der Waals surface area (Å²) < 4.78 is 17.6. The fraction of sp³-hybridized carbons (Fsp3) is 0.581. The van der Waals surface area contributed by atoms with Crippen LogP contribution in [0.1, 0.15) is 65.0 Å². The summed E-state index contributed by atoms with van der Waals surface area (Å²) in [5.41, 5.74) is -4.79. The Kier molecular flexibility index (Phi) is 6.46. The molecule has 1 amide bonds. The average molecular weight is 540 g/mol. The molecule has 4 aliphatic rings. The van der Waals surface area contributed by atoms with Crippen LogP contribution in [0.4, 0.5) is 9.18 Å². The summed E-state index contributed by atoms with van der Waals surface area (Å²) in [6.07, 6.45) is 2.64. The van der Waals surface area contributed by atoms with E-state index >= 15 is 4.39 Å². The van der Waals surface area contributed by atoms with Crippen molar-refractivity contribution in [3.8, 4) is 0 Å². The molecule has 0 saturated heterocycles. The summed E-state index contributed by atoms with van der Waals surface area (Å²) in [5, 5.41) is 32.7. The van der Waals surface area contributed by atoms with Gasteiger partial charge < -0.3 is 15.3 Å². The number of aliphatic hydroxyl groups is 2. The van der Waals surface area contributed by atoms with E-state index in [1.165, 1.54) is 17.1 Å². The van der Waals surface area contributed by atoms with Crippen molar-refractivity contribution in [2.75, 3.05) is 6.61 Å². The van der Waals surface area contributed by atoms with Crippen molar-refractivity contribution in [2.24, 2.45) is 28.6 Å². The number of ketones is 2. The zero-order valence-corrected chi connectivity index (χ0v) is 22.9. The minimum atomic E-state index is -2.10. The fourth-order valence-corrected chi connectivity index (χ4v) is 9.41. The van der Waals surface area contributed by atoms with Gasteiger partial charge in [-0.25, -0.2) is 9.18 Å². The number of halogens is 1. The first-order valence-electron chi connectivity index (χ1n) is 13.8. The molecule has 9 atom stereocenters. The van der Waals surface area contributed by atoms with Gasteiger partial charge in [-0.2, -0.15) is 0 Å². The van der Waals surface area contributed by atoms with E-state index in [9.17, 15) is 29.7 Å². The molecule has 3 N–H and O–H groups in total. The SMILES string of the molecule is C[C@@H](c1ccccc1)N(C(=O)O)[C@@]1(C(=O)CO)[C@@H](C)CC2C3CCC4=CC(=O)C=C[C@]4(C)C3(F)[C@@H](O)C[C@@]21C. The monoisotopic (exact) mass is 539 g/mol. The number of rotatable bonds is 5. The maximum absolute atomic E-state index is 17.6. The molecule has 8 heteroatoms. The van der Waals surface area contributed by atoms with Crippen molar-refractivity contribution in [2.45, 2.75) is 76.7 Å². The van der Waals surface area contributed by atoms with Crippen molar-refractivity contribution >= 4 is 17.7 Å². The summed E-state index contributed by atoms with van der Waals surface area (Å²) in [6.45, 7) is 6.20. The topological polar surface area (TPSA) is 115 Å². The first kappa shape index (κ1) is 27.7. The zero-order valence-electron chi connectivity index (χ0n) is 22.9. The Morgan fingerprint density at radius 2 is 1.85 bits per heavy atom. The van der Waals surface area contributed by atoms with Gasteiger partial charge in [0.25, 0.3) is 0 Å². The highest BCUT2D eigenvalue weighted by atomic mass is 19.1. The molecule has 7 nitrogen and oxygen atoms in total. The van der Waals surface area contributed by atoms with Crippen molar-refractivity contribution in [1.82, 2.24) is 4.90 Å². The van der Waals surface area contributed by atoms with Crippen LogP contribution in [-0.2, 0) is 9.59 Å². The van der Waals surface area contributed by atoms with E-state index in [1.807, 2.05) is 13.0 Å². The third-order valence-corrected chi connectivity index (χ3v) is 11.0. The Morgan fingerprint density at radius 1 is 1.18 bits per heavy atom. The highest BCUT2D eigenvalue weighted by Gasteiger charge is 2.77. The molecule has 39 heavy (non-hydrogen) atoms. The molecule has 0 aromatic heterocycles. The lowest BCUT2D eigenvalue weighted by molar-refractivity contribution is -0.209. The van der Waals surface area contributed by atoms with Crippen LogP contribution >= 0.6 is 0 Å². The predicted molar refractivity (Wildman–Crippen MR) is 142 cm³/mol. The Hall–Kier alpha value is -2.84. The van der Waals surface area contributed by atoms with Crippen LogP contribution in [0.3, 0.4) is 0 Å². The third-order valence-electron chi connectivity index (χ3n) is 11.0. The summed E-state index contributed by atoms with van der Waals surface area (Å²) >= 11 is 0. The highest BCUT2D eigenvalue weighted by molar-refractivity contribution is 6.01. The lowest BCUT2D eigenvalue weighted by Crippen LogP contribution is -2.73. The molecule has 0 bridgehead atoms. The second-order valence-corrected chi connectivity index (χ2v) is 12.5. The minimum Gasteiger partial charge on any atom is -0.465 e. The molecule has 1 aromatic rings. The Morgan fingerprint density at radius 3 is 2.46 bits per heavy atom. The van der Waals surface area contributed by atoms with Gasteiger partial charge in [-0.15, -0.1) is 0 Å². The molecular formula is C31H38FNO6. The molecule has 5 rings (SSSR count). The molecule has 3 saturated carbocycles. The largest absolute Gasteiger partial charge is 0.465 e. The number of aliphatic hydroxyl groups excluding tert-OH is 2. The van der Waals surface area contributed by atoms with Crippen LogP contribution in [0.2, 0.25) is 0 Å². The summed E-state index contributed by atoms with van der Waals surface area (Å²) in [4.78, 5) is 40.4. The van der Waals surface area contributed by atoms with E-state index in [2.05, 4.69) is 0 Å². The van der Waals surface area contributed by atoms with Crippen molar-refractivity contribution in [3.63, 3.8) is 0 Å². The van der Waals surface area contributed by atoms with Crippen molar-refractivity contribution in [1.29, 1.82) is 0 Å².